The lowest BCUT2D eigenvalue weighted by Crippen LogP contribution is -2.42. The number of imidazole rings is 1. The SMILES string of the molecule is COC(=O)N[C@@H](C)CNC(=O)c1cnc2ccc(N3CCCC3c3cccc(F)c3)nn12. The lowest BCUT2D eigenvalue weighted by molar-refractivity contribution is 0.0941. The average molecular weight is 440 g/mol. The standard InChI is InChI=1S/C22H25FN6O3/c1-14(26-22(31)32-2)12-25-21(30)18-13-24-19-8-9-20(27-29(18)19)28-10-4-7-17(28)15-5-3-6-16(23)11-15/h3,5-6,8-9,11,13-14,17H,4,7,10,12H2,1-2H3,(H,25,30)(H,26,31)/t14-,17?/m0/s1. The zero-order valence-corrected chi connectivity index (χ0v) is 17.9. The van der Waals surface area contributed by atoms with Crippen molar-refractivity contribution < 1.29 is 18.7 Å². The van der Waals surface area contributed by atoms with Gasteiger partial charge in [0.25, 0.3) is 5.91 Å². The molecule has 32 heavy (non-hydrogen) atoms. The van der Waals surface area contributed by atoms with Crippen LogP contribution in [0.2, 0.25) is 0 Å². The molecule has 1 aromatic carbocycles. The molecule has 2 aromatic heterocycles. The molecule has 2 atom stereocenters. The number of methoxy groups -OCH3 is 1. The van der Waals surface area contributed by atoms with Crippen molar-refractivity contribution in [1.82, 2.24) is 25.2 Å². The molecule has 1 fully saturated rings. The molecule has 0 bridgehead atoms. The van der Waals surface area contributed by atoms with Gasteiger partial charge in [-0.3, -0.25) is 4.79 Å². The monoisotopic (exact) mass is 440 g/mol. The van der Waals surface area contributed by atoms with E-state index in [9.17, 15) is 14.0 Å². The van der Waals surface area contributed by atoms with Gasteiger partial charge in [0.05, 0.1) is 19.3 Å². The zero-order valence-electron chi connectivity index (χ0n) is 17.9. The molecule has 0 saturated carbocycles. The smallest absolute Gasteiger partial charge is 0.407 e. The molecule has 1 saturated heterocycles. The van der Waals surface area contributed by atoms with Gasteiger partial charge in [0.2, 0.25) is 0 Å². The number of ether oxygens (including phenoxy) is 1. The Balaban J connectivity index is 1.53. The van der Waals surface area contributed by atoms with Gasteiger partial charge in [0.15, 0.2) is 11.3 Å². The van der Waals surface area contributed by atoms with E-state index in [1.165, 1.54) is 23.9 Å². The third-order valence-electron chi connectivity index (χ3n) is 5.48. The zero-order chi connectivity index (χ0) is 22.7. The van der Waals surface area contributed by atoms with Crippen LogP contribution in [0.15, 0.2) is 42.6 Å². The van der Waals surface area contributed by atoms with Crippen LogP contribution in [-0.2, 0) is 4.74 Å². The molecule has 3 heterocycles. The summed E-state index contributed by atoms with van der Waals surface area (Å²) in [5.74, 6) is 0.0723. The highest BCUT2D eigenvalue weighted by atomic mass is 19.1. The molecule has 1 aliphatic rings. The third kappa shape index (κ3) is 4.48. The summed E-state index contributed by atoms with van der Waals surface area (Å²) in [7, 11) is 1.28. The Morgan fingerprint density at radius 2 is 2.16 bits per heavy atom. The Kier molecular flexibility index (Phi) is 6.20. The second-order valence-corrected chi connectivity index (χ2v) is 7.76. The summed E-state index contributed by atoms with van der Waals surface area (Å²) in [6.07, 6.45) is 2.76. The minimum absolute atomic E-state index is 0.0155. The molecule has 0 spiro atoms. The van der Waals surface area contributed by atoms with Gasteiger partial charge in [-0.05, 0) is 49.6 Å². The first kappa shape index (κ1) is 21.5. The Morgan fingerprint density at radius 3 is 2.94 bits per heavy atom. The fraction of sp³-hybridized carbons (Fsp3) is 0.364. The van der Waals surface area contributed by atoms with Crippen LogP contribution in [0.4, 0.5) is 15.0 Å². The minimum Gasteiger partial charge on any atom is -0.453 e. The van der Waals surface area contributed by atoms with Crippen molar-refractivity contribution in [3.63, 3.8) is 0 Å². The van der Waals surface area contributed by atoms with Crippen LogP contribution < -0.4 is 15.5 Å². The molecule has 1 unspecified atom stereocenters. The van der Waals surface area contributed by atoms with Crippen molar-refractivity contribution in [2.24, 2.45) is 0 Å². The molecule has 9 nitrogen and oxygen atoms in total. The molecule has 1 aliphatic heterocycles. The van der Waals surface area contributed by atoms with Gasteiger partial charge < -0.3 is 20.3 Å². The number of anilines is 1. The molecule has 2 N–H and O–H groups in total. The van der Waals surface area contributed by atoms with Gasteiger partial charge in [-0.15, -0.1) is 5.10 Å². The molecule has 0 radical (unpaired) electrons. The Labute approximate surface area is 184 Å². The number of carbonyl (C=O) groups is 2. The quantitative estimate of drug-likeness (QED) is 0.611. The number of nitrogens with one attached hydrogen (secondary N) is 2. The largest absolute Gasteiger partial charge is 0.453 e. The molecular formula is C22H25FN6O3. The number of hydrogen-bond acceptors (Lipinski definition) is 6. The minimum atomic E-state index is -0.564. The van der Waals surface area contributed by atoms with E-state index in [0.29, 0.717) is 11.5 Å². The number of hydrogen-bond donors (Lipinski definition) is 2. The lowest BCUT2D eigenvalue weighted by atomic mass is 10.0. The van der Waals surface area contributed by atoms with Gasteiger partial charge in [-0.25, -0.2) is 18.7 Å². The summed E-state index contributed by atoms with van der Waals surface area (Å²) in [6, 6.07) is 10.0. The van der Waals surface area contributed by atoms with Crippen molar-refractivity contribution >= 4 is 23.5 Å². The topological polar surface area (TPSA) is 101 Å². The van der Waals surface area contributed by atoms with E-state index < -0.39 is 6.09 Å². The third-order valence-corrected chi connectivity index (χ3v) is 5.48. The van der Waals surface area contributed by atoms with E-state index in [0.717, 1.165) is 24.9 Å². The highest BCUT2D eigenvalue weighted by molar-refractivity contribution is 5.93. The predicted molar refractivity (Wildman–Crippen MR) is 116 cm³/mol. The van der Waals surface area contributed by atoms with Crippen molar-refractivity contribution in [3.05, 3.63) is 59.7 Å². The number of aromatic nitrogens is 3. The molecule has 3 aromatic rings. The second-order valence-electron chi connectivity index (χ2n) is 7.76. The number of fused-ring (bicyclic) bond motifs is 1. The molecule has 10 heteroatoms. The second kappa shape index (κ2) is 9.21. The lowest BCUT2D eigenvalue weighted by Gasteiger charge is -2.26. The summed E-state index contributed by atoms with van der Waals surface area (Å²) in [4.78, 5) is 30.4. The maximum Gasteiger partial charge on any atom is 0.407 e. The summed E-state index contributed by atoms with van der Waals surface area (Å²) in [6.45, 7) is 2.75. The maximum absolute atomic E-state index is 13.8. The van der Waals surface area contributed by atoms with E-state index in [2.05, 4.69) is 30.4 Å². The highest BCUT2D eigenvalue weighted by Gasteiger charge is 2.28. The first-order chi connectivity index (χ1) is 15.5. The fourth-order valence-corrected chi connectivity index (χ4v) is 3.92. The number of nitrogens with zero attached hydrogens (tertiary/aromatic N) is 4. The van der Waals surface area contributed by atoms with Gasteiger partial charge in [0, 0.05) is 19.1 Å². The summed E-state index contributed by atoms with van der Waals surface area (Å²) < 4.78 is 19.8. The first-order valence-electron chi connectivity index (χ1n) is 10.5. The van der Waals surface area contributed by atoms with Gasteiger partial charge >= 0.3 is 6.09 Å². The van der Waals surface area contributed by atoms with E-state index in [4.69, 9.17) is 0 Å². The number of alkyl carbamates (subject to hydrolysis) is 1. The van der Waals surface area contributed by atoms with Gasteiger partial charge in [-0.2, -0.15) is 0 Å². The Bertz CT molecular complexity index is 1130. The Morgan fingerprint density at radius 1 is 1.31 bits per heavy atom. The van der Waals surface area contributed by atoms with E-state index in [-0.39, 0.29) is 36.0 Å². The molecular weight excluding hydrogens is 415 g/mol. The summed E-state index contributed by atoms with van der Waals surface area (Å²) >= 11 is 0. The molecule has 2 amide bonds. The summed E-state index contributed by atoms with van der Waals surface area (Å²) in [5.41, 5.74) is 1.73. The van der Waals surface area contributed by atoms with Crippen LogP contribution in [0, 0.1) is 5.82 Å². The van der Waals surface area contributed by atoms with E-state index >= 15 is 0 Å². The van der Waals surface area contributed by atoms with E-state index in [1.54, 1.807) is 19.1 Å². The number of rotatable bonds is 6. The number of halogens is 1. The van der Waals surface area contributed by atoms with Crippen molar-refractivity contribution in [1.29, 1.82) is 0 Å². The number of carbonyl (C=O) groups excluding carboxylic acids is 2. The highest BCUT2D eigenvalue weighted by Crippen LogP contribution is 2.35. The maximum atomic E-state index is 13.8. The van der Waals surface area contributed by atoms with Crippen molar-refractivity contribution in [3.8, 4) is 0 Å². The van der Waals surface area contributed by atoms with Crippen molar-refractivity contribution in [2.45, 2.75) is 31.8 Å². The normalized spacial score (nSPS) is 16.7. The van der Waals surface area contributed by atoms with E-state index in [1.807, 2.05) is 18.2 Å². The molecule has 0 aliphatic carbocycles. The fourth-order valence-electron chi connectivity index (χ4n) is 3.92. The Hall–Kier alpha value is -3.69. The predicted octanol–water partition coefficient (Wildman–Crippen LogP) is 2.68. The summed E-state index contributed by atoms with van der Waals surface area (Å²) in [5, 5.41) is 10.0. The average Bonchev–Trinajstić information content (AvgIpc) is 3.44. The molecule has 4 rings (SSSR count). The van der Waals surface area contributed by atoms with Crippen LogP contribution in [0.1, 0.15) is 41.9 Å². The van der Waals surface area contributed by atoms with Crippen LogP contribution in [0.25, 0.3) is 5.65 Å². The van der Waals surface area contributed by atoms with Crippen LogP contribution in [0.5, 0.6) is 0 Å². The number of amides is 2. The van der Waals surface area contributed by atoms with Crippen LogP contribution in [0.3, 0.4) is 0 Å². The van der Waals surface area contributed by atoms with Crippen LogP contribution >= 0.6 is 0 Å². The van der Waals surface area contributed by atoms with Crippen LogP contribution in [-0.4, -0.2) is 52.8 Å². The molecule has 168 valence electrons. The number of benzene rings is 1. The van der Waals surface area contributed by atoms with Crippen molar-refractivity contribution in [2.75, 3.05) is 25.1 Å². The van der Waals surface area contributed by atoms with Gasteiger partial charge in [0.1, 0.15) is 11.6 Å². The van der Waals surface area contributed by atoms with Gasteiger partial charge in [-0.1, -0.05) is 12.1 Å². The first-order valence-corrected chi connectivity index (χ1v) is 10.5.